The van der Waals surface area contributed by atoms with E-state index in [1.54, 1.807) is 0 Å². The fourth-order valence-electron chi connectivity index (χ4n) is 5.31. The molecule has 4 aliphatic carbocycles. The molecule has 6 atom stereocenters. The number of rotatable bonds is 5. The summed E-state index contributed by atoms with van der Waals surface area (Å²) in [4.78, 5) is 10.2. The van der Waals surface area contributed by atoms with Gasteiger partial charge in [0.25, 0.3) is 15.8 Å². The Morgan fingerprint density at radius 1 is 1.12 bits per heavy atom. The highest BCUT2D eigenvalue weighted by Crippen LogP contribution is 2.58. The van der Waals surface area contributed by atoms with Crippen molar-refractivity contribution < 1.29 is 17.5 Å². The third-order valence-corrected chi connectivity index (χ3v) is 8.35. The zero-order chi connectivity index (χ0) is 17.8. The Labute approximate surface area is 155 Å². The van der Waals surface area contributed by atoms with E-state index in [9.17, 15) is 18.5 Å². The Kier molecular flexibility index (Phi) is 4.40. The van der Waals surface area contributed by atoms with Gasteiger partial charge in [0, 0.05) is 17.5 Å². The fraction of sp³-hybridized carbons (Fsp3) is 0.647. The summed E-state index contributed by atoms with van der Waals surface area (Å²) in [7, 11) is -3.92. The molecule has 0 N–H and O–H groups in total. The monoisotopic (exact) mass is 429 g/mol. The molecule has 1 aromatic rings. The normalized spacial score (nSPS) is 36.5. The van der Waals surface area contributed by atoms with E-state index in [1.165, 1.54) is 30.7 Å². The van der Waals surface area contributed by atoms with Crippen LogP contribution in [-0.2, 0) is 14.3 Å². The molecule has 4 saturated carbocycles. The van der Waals surface area contributed by atoms with Crippen LogP contribution in [0.25, 0.3) is 0 Å². The average Bonchev–Trinajstić information content (AvgIpc) is 2.58. The van der Waals surface area contributed by atoms with Gasteiger partial charge in [-0.3, -0.25) is 14.3 Å². The number of nitro benzene ring substituents is 1. The number of hydrogen-bond donors (Lipinski definition) is 0. The van der Waals surface area contributed by atoms with Crippen LogP contribution in [0.4, 0.5) is 5.69 Å². The van der Waals surface area contributed by atoms with Gasteiger partial charge < -0.3 is 0 Å². The lowest BCUT2D eigenvalue weighted by atomic mass is 9.51. The van der Waals surface area contributed by atoms with Crippen LogP contribution in [-0.4, -0.2) is 24.8 Å². The minimum absolute atomic E-state index is 0.0118. The molecule has 25 heavy (non-hydrogen) atoms. The maximum absolute atomic E-state index is 12.7. The molecule has 0 heterocycles. The Bertz CT molecular complexity index is 781. The summed E-state index contributed by atoms with van der Waals surface area (Å²) in [5.74, 6) is 2.47. The first-order valence-electron chi connectivity index (χ1n) is 8.62. The Morgan fingerprint density at radius 2 is 1.80 bits per heavy atom. The van der Waals surface area contributed by atoms with E-state index in [2.05, 4.69) is 15.9 Å². The van der Waals surface area contributed by atoms with E-state index < -0.39 is 15.0 Å². The van der Waals surface area contributed by atoms with Crippen molar-refractivity contribution in [2.24, 2.45) is 29.6 Å². The molecule has 0 aromatic heterocycles. The number of alkyl halides is 1. The van der Waals surface area contributed by atoms with E-state index in [4.69, 9.17) is 4.18 Å². The third-order valence-electron chi connectivity index (χ3n) is 6.28. The number of nitro groups is 1. The molecular weight excluding hydrogens is 410 g/mol. The Morgan fingerprint density at radius 3 is 2.44 bits per heavy atom. The van der Waals surface area contributed by atoms with E-state index in [0.717, 1.165) is 24.6 Å². The summed E-state index contributed by atoms with van der Waals surface area (Å²) < 4.78 is 31.1. The van der Waals surface area contributed by atoms with Crippen molar-refractivity contribution in [3.05, 3.63) is 34.4 Å². The van der Waals surface area contributed by atoms with Gasteiger partial charge in [0.05, 0.1) is 15.9 Å². The molecule has 0 amide bonds. The molecule has 0 radical (unpaired) electrons. The molecule has 6 nitrogen and oxygen atoms in total. The number of benzene rings is 1. The number of non-ortho nitro benzene ring substituents is 1. The summed E-state index contributed by atoms with van der Waals surface area (Å²) in [5, 5.41) is 11.6. The standard InChI is InChI=1S/C17H20BrNO5S/c18-9-16-11-5-10-6-12(8-11)17(15(16)7-10)24-25(22,23)14-3-1-13(2-4-14)19(20)21/h1-4,10-12,15-17H,5-9H2/t10-,11+,12+,15-,16-,17+/m1/s1. The van der Waals surface area contributed by atoms with E-state index in [-0.39, 0.29) is 22.6 Å². The van der Waals surface area contributed by atoms with Crippen molar-refractivity contribution in [2.45, 2.75) is 36.7 Å². The van der Waals surface area contributed by atoms with Crippen molar-refractivity contribution >= 4 is 31.7 Å². The lowest BCUT2D eigenvalue weighted by Gasteiger charge is -2.57. The maximum Gasteiger partial charge on any atom is 0.297 e. The third kappa shape index (κ3) is 3.02. The molecule has 8 heteroatoms. The van der Waals surface area contributed by atoms with Gasteiger partial charge in [-0.2, -0.15) is 8.42 Å². The van der Waals surface area contributed by atoms with Gasteiger partial charge in [0.15, 0.2) is 0 Å². The highest BCUT2D eigenvalue weighted by Gasteiger charge is 2.54. The highest BCUT2D eigenvalue weighted by molar-refractivity contribution is 9.09. The smallest absolute Gasteiger partial charge is 0.262 e. The van der Waals surface area contributed by atoms with Crippen LogP contribution in [0, 0.1) is 39.7 Å². The molecule has 4 bridgehead atoms. The van der Waals surface area contributed by atoms with Crippen LogP contribution in [0.1, 0.15) is 25.7 Å². The molecule has 136 valence electrons. The quantitative estimate of drug-likeness (QED) is 0.307. The lowest BCUT2D eigenvalue weighted by Crippen LogP contribution is -2.55. The molecule has 4 aliphatic rings. The van der Waals surface area contributed by atoms with Gasteiger partial charge in [0.2, 0.25) is 0 Å². The number of halogens is 1. The zero-order valence-electron chi connectivity index (χ0n) is 13.6. The van der Waals surface area contributed by atoms with Gasteiger partial charge in [-0.15, -0.1) is 0 Å². The van der Waals surface area contributed by atoms with Crippen molar-refractivity contribution in [3.8, 4) is 0 Å². The summed E-state index contributed by atoms with van der Waals surface area (Å²) in [6.07, 6.45) is 4.15. The summed E-state index contributed by atoms with van der Waals surface area (Å²) >= 11 is 3.61. The van der Waals surface area contributed by atoms with Crippen molar-refractivity contribution in [1.29, 1.82) is 0 Å². The summed E-state index contributed by atoms with van der Waals surface area (Å²) in [6, 6.07) is 4.92. The van der Waals surface area contributed by atoms with Gasteiger partial charge >= 0.3 is 0 Å². The molecule has 0 saturated heterocycles. The largest absolute Gasteiger partial charge is 0.297 e. The predicted molar refractivity (Wildman–Crippen MR) is 94.9 cm³/mol. The molecule has 0 spiro atoms. The van der Waals surface area contributed by atoms with Crippen LogP contribution in [0.5, 0.6) is 0 Å². The van der Waals surface area contributed by atoms with Gasteiger partial charge in [-0.05, 0) is 67.4 Å². The van der Waals surface area contributed by atoms with Gasteiger partial charge in [-0.1, -0.05) is 15.9 Å². The second kappa shape index (κ2) is 6.32. The molecule has 5 rings (SSSR count). The minimum atomic E-state index is -3.92. The lowest BCUT2D eigenvalue weighted by molar-refractivity contribution is -0.384. The molecule has 0 unspecified atom stereocenters. The first kappa shape index (κ1) is 17.4. The van der Waals surface area contributed by atoms with E-state index in [1.807, 2.05) is 0 Å². The highest BCUT2D eigenvalue weighted by atomic mass is 79.9. The molecule has 4 fully saturated rings. The zero-order valence-corrected chi connectivity index (χ0v) is 16.0. The van der Waals surface area contributed by atoms with E-state index >= 15 is 0 Å². The van der Waals surface area contributed by atoms with Crippen LogP contribution >= 0.6 is 15.9 Å². The van der Waals surface area contributed by atoms with Crippen molar-refractivity contribution in [1.82, 2.24) is 0 Å². The first-order valence-corrected chi connectivity index (χ1v) is 11.2. The molecule has 0 aliphatic heterocycles. The van der Waals surface area contributed by atoms with Crippen LogP contribution in [0.3, 0.4) is 0 Å². The van der Waals surface area contributed by atoms with Gasteiger partial charge in [0.1, 0.15) is 0 Å². The molecular formula is C17H20BrNO5S. The second-order valence-electron chi connectivity index (χ2n) is 7.58. The van der Waals surface area contributed by atoms with Crippen LogP contribution in [0.2, 0.25) is 0 Å². The topological polar surface area (TPSA) is 86.5 Å². The van der Waals surface area contributed by atoms with Crippen molar-refractivity contribution in [2.75, 3.05) is 5.33 Å². The summed E-state index contributed by atoms with van der Waals surface area (Å²) in [6.45, 7) is 0. The van der Waals surface area contributed by atoms with Gasteiger partial charge in [-0.25, -0.2) is 0 Å². The predicted octanol–water partition coefficient (Wildman–Crippen LogP) is 3.75. The summed E-state index contributed by atoms with van der Waals surface area (Å²) in [5.41, 5.74) is -0.132. The second-order valence-corrected chi connectivity index (χ2v) is 9.80. The maximum atomic E-state index is 12.7. The Balaban J connectivity index is 1.57. The molecule has 1 aromatic carbocycles. The SMILES string of the molecule is O=[N+]([O-])c1ccc(S(=O)(=O)O[C@H]2[C@H]3C[C@H]4C[C@@H](C3)[C@@H](CBr)[C@H]2C4)cc1. The van der Waals surface area contributed by atoms with E-state index in [0.29, 0.717) is 23.7 Å². The Hall–Kier alpha value is -0.990. The van der Waals surface area contributed by atoms with Crippen LogP contribution < -0.4 is 0 Å². The number of nitrogens with zero attached hydrogens (tertiary/aromatic N) is 1. The minimum Gasteiger partial charge on any atom is -0.262 e. The first-order chi connectivity index (χ1) is 11.9. The average molecular weight is 430 g/mol. The fourth-order valence-corrected chi connectivity index (χ4v) is 7.49. The van der Waals surface area contributed by atoms with Crippen molar-refractivity contribution in [3.63, 3.8) is 0 Å². The number of hydrogen-bond acceptors (Lipinski definition) is 5. The van der Waals surface area contributed by atoms with Crippen LogP contribution in [0.15, 0.2) is 29.2 Å².